The summed E-state index contributed by atoms with van der Waals surface area (Å²) in [6.45, 7) is 2.82. The Morgan fingerprint density at radius 2 is 2.25 bits per heavy atom. The summed E-state index contributed by atoms with van der Waals surface area (Å²) in [5.41, 5.74) is 8.28. The van der Waals surface area contributed by atoms with E-state index in [4.69, 9.17) is 5.73 Å². The zero-order valence-electron chi connectivity index (χ0n) is 9.67. The minimum absolute atomic E-state index is 0.423. The van der Waals surface area contributed by atoms with E-state index < -0.39 is 0 Å². The zero-order chi connectivity index (χ0) is 11.5. The van der Waals surface area contributed by atoms with Crippen LogP contribution in [0.5, 0.6) is 0 Å². The molecule has 1 aromatic rings. The third-order valence-electron chi connectivity index (χ3n) is 3.44. The summed E-state index contributed by atoms with van der Waals surface area (Å²) in [6.07, 6.45) is 3.99. The van der Waals surface area contributed by atoms with Gasteiger partial charge in [-0.25, -0.2) is 0 Å². The van der Waals surface area contributed by atoms with Crippen LogP contribution in [0.4, 0.5) is 5.69 Å². The number of hydrogen-bond acceptors (Lipinski definition) is 2. The summed E-state index contributed by atoms with van der Waals surface area (Å²) in [7, 11) is 0. The van der Waals surface area contributed by atoms with Gasteiger partial charge in [0.1, 0.15) is 0 Å². The molecule has 0 amide bonds. The smallest absolute Gasteiger partial charge is 0.0489 e. The number of nitrogens with two attached hydrogens (primary N) is 1. The number of rotatable bonds is 4. The standard InChI is InChI=1S/C13H19BrN2/c1-9-5-6-11(14)12(7-9)16-13(8-15)10-3-2-4-10/h5-7,10,13,16H,2-4,8,15H2,1H3. The first-order valence-electron chi connectivity index (χ1n) is 5.93. The quantitative estimate of drug-likeness (QED) is 0.889. The highest BCUT2D eigenvalue weighted by molar-refractivity contribution is 9.10. The molecule has 1 aliphatic rings. The molecule has 1 aliphatic carbocycles. The van der Waals surface area contributed by atoms with Crippen LogP contribution in [0.25, 0.3) is 0 Å². The highest BCUT2D eigenvalue weighted by Gasteiger charge is 2.26. The molecular weight excluding hydrogens is 264 g/mol. The molecule has 2 nitrogen and oxygen atoms in total. The van der Waals surface area contributed by atoms with E-state index in [-0.39, 0.29) is 0 Å². The van der Waals surface area contributed by atoms with Crippen molar-refractivity contribution < 1.29 is 0 Å². The van der Waals surface area contributed by atoms with Gasteiger partial charge in [-0.3, -0.25) is 0 Å². The van der Waals surface area contributed by atoms with Crippen molar-refractivity contribution in [2.45, 2.75) is 32.2 Å². The Kier molecular flexibility index (Phi) is 3.87. The summed E-state index contributed by atoms with van der Waals surface area (Å²) in [4.78, 5) is 0. The highest BCUT2D eigenvalue weighted by atomic mass is 79.9. The molecule has 16 heavy (non-hydrogen) atoms. The van der Waals surface area contributed by atoms with E-state index in [0.717, 1.165) is 10.4 Å². The summed E-state index contributed by atoms with van der Waals surface area (Å²) < 4.78 is 1.12. The van der Waals surface area contributed by atoms with E-state index in [1.807, 2.05) is 0 Å². The van der Waals surface area contributed by atoms with Gasteiger partial charge in [-0.15, -0.1) is 0 Å². The maximum absolute atomic E-state index is 5.84. The number of hydrogen-bond donors (Lipinski definition) is 2. The largest absolute Gasteiger partial charge is 0.380 e. The number of anilines is 1. The summed E-state index contributed by atoms with van der Waals surface area (Å²) in [5, 5.41) is 3.57. The minimum Gasteiger partial charge on any atom is -0.380 e. The van der Waals surface area contributed by atoms with E-state index in [9.17, 15) is 0 Å². The van der Waals surface area contributed by atoms with Gasteiger partial charge >= 0.3 is 0 Å². The Morgan fingerprint density at radius 3 is 2.81 bits per heavy atom. The van der Waals surface area contributed by atoms with Crippen LogP contribution in [0.15, 0.2) is 22.7 Å². The molecule has 2 rings (SSSR count). The molecular formula is C13H19BrN2. The average Bonchev–Trinajstić information content (AvgIpc) is 2.19. The van der Waals surface area contributed by atoms with E-state index in [1.54, 1.807) is 0 Å². The summed E-state index contributed by atoms with van der Waals surface area (Å²) >= 11 is 3.57. The number of benzene rings is 1. The molecule has 88 valence electrons. The van der Waals surface area contributed by atoms with Gasteiger partial charge in [0.05, 0.1) is 0 Å². The summed E-state index contributed by atoms with van der Waals surface area (Å²) in [6, 6.07) is 6.79. The van der Waals surface area contributed by atoms with Crippen LogP contribution in [-0.4, -0.2) is 12.6 Å². The lowest BCUT2D eigenvalue weighted by atomic mass is 9.79. The fourth-order valence-corrected chi connectivity index (χ4v) is 2.52. The normalized spacial score (nSPS) is 17.9. The Bertz CT molecular complexity index is 361. The molecule has 0 heterocycles. The molecule has 1 aromatic carbocycles. The second-order valence-corrected chi connectivity index (χ2v) is 5.52. The van der Waals surface area contributed by atoms with Gasteiger partial charge < -0.3 is 11.1 Å². The van der Waals surface area contributed by atoms with Crippen molar-refractivity contribution in [1.29, 1.82) is 0 Å². The Hall–Kier alpha value is -0.540. The van der Waals surface area contributed by atoms with Crippen molar-refractivity contribution in [3.8, 4) is 0 Å². The van der Waals surface area contributed by atoms with Crippen molar-refractivity contribution in [2.24, 2.45) is 11.7 Å². The lowest BCUT2D eigenvalue weighted by Crippen LogP contribution is -2.39. The topological polar surface area (TPSA) is 38.0 Å². The number of nitrogens with one attached hydrogen (secondary N) is 1. The first kappa shape index (κ1) is 11.9. The Balaban J connectivity index is 2.08. The summed E-state index contributed by atoms with van der Waals surface area (Å²) in [5.74, 6) is 0.761. The van der Waals surface area contributed by atoms with Gasteiger partial charge in [0, 0.05) is 22.7 Å². The molecule has 1 atom stereocenters. The van der Waals surface area contributed by atoms with E-state index in [2.05, 4.69) is 46.4 Å². The van der Waals surface area contributed by atoms with Crippen LogP contribution in [0.2, 0.25) is 0 Å². The lowest BCUT2D eigenvalue weighted by molar-refractivity contribution is 0.277. The average molecular weight is 283 g/mol. The third-order valence-corrected chi connectivity index (χ3v) is 4.13. The molecule has 0 saturated heterocycles. The molecule has 3 N–H and O–H groups in total. The van der Waals surface area contributed by atoms with Crippen LogP contribution in [0.3, 0.4) is 0 Å². The van der Waals surface area contributed by atoms with E-state index in [0.29, 0.717) is 12.6 Å². The van der Waals surface area contributed by atoms with Crippen LogP contribution in [0, 0.1) is 12.8 Å². The molecule has 1 fully saturated rings. The molecule has 0 aliphatic heterocycles. The lowest BCUT2D eigenvalue weighted by Gasteiger charge is -2.34. The minimum atomic E-state index is 0.423. The van der Waals surface area contributed by atoms with Crippen molar-refractivity contribution >= 4 is 21.6 Å². The Labute approximate surface area is 106 Å². The second kappa shape index (κ2) is 5.19. The molecule has 0 bridgehead atoms. The predicted octanol–water partition coefficient (Wildman–Crippen LogP) is 3.30. The molecule has 1 saturated carbocycles. The fourth-order valence-electron chi connectivity index (χ4n) is 2.16. The van der Waals surface area contributed by atoms with Crippen LogP contribution in [-0.2, 0) is 0 Å². The highest BCUT2D eigenvalue weighted by Crippen LogP contribution is 2.32. The Morgan fingerprint density at radius 1 is 1.50 bits per heavy atom. The first-order chi connectivity index (χ1) is 7.70. The van der Waals surface area contributed by atoms with Gasteiger partial charge in [0.25, 0.3) is 0 Å². The second-order valence-electron chi connectivity index (χ2n) is 4.66. The first-order valence-corrected chi connectivity index (χ1v) is 6.73. The third kappa shape index (κ3) is 2.58. The molecule has 1 unspecified atom stereocenters. The predicted molar refractivity (Wildman–Crippen MR) is 72.7 cm³/mol. The van der Waals surface area contributed by atoms with Crippen LogP contribution >= 0.6 is 15.9 Å². The maximum atomic E-state index is 5.84. The van der Waals surface area contributed by atoms with Crippen molar-refractivity contribution in [1.82, 2.24) is 0 Å². The van der Waals surface area contributed by atoms with Crippen LogP contribution < -0.4 is 11.1 Å². The van der Waals surface area contributed by atoms with Crippen molar-refractivity contribution in [3.05, 3.63) is 28.2 Å². The van der Waals surface area contributed by atoms with Crippen LogP contribution in [0.1, 0.15) is 24.8 Å². The number of halogens is 1. The number of aryl methyl sites for hydroxylation is 1. The van der Waals surface area contributed by atoms with Gasteiger partial charge in [-0.05, 0) is 59.3 Å². The van der Waals surface area contributed by atoms with Crippen molar-refractivity contribution in [3.63, 3.8) is 0 Å². The van der Waals surface area contributed by atoms with Gasteiger partial charge in [0.2, 0.25) is 0 Å². The maximum Gasteiger partial charge on any atom is 0.0489 e. The monoisotopic (exact) mass is 282 g/mol. The van der Waals surface area contributed by atoms with Gasteiger partial charge in [0.15, 0.2) is 0 Å². The van der Waals surface area contributed by atoms with Gasteiger partial charge in [-0.1, -0.05) is 12.5 Å². The van der Waals surface area contributed by atoms with Gasteiger partial charge in [-0.2, -0.15) is 0 Å². The molecule has 0 aromatic heterocycles. The van der Waals surface area contributed by atoms with Crippen molar-refractivity contribution in [2.75, 3.05) is 11.9 Å². The van der Waals surface area contributed by atoms with E-state index in [1.165, 1.54) is 30.5 Å². The zero-order valence-corrected chi connectivity index (χ0v) is 11.3. The molecule has 0 radical (unpaired) electrons. The fraction of sp³-hybridized carbons (Fsp3) is 0.538. The SMILES string of the molecule is Cc1ccc(Br)c(NC(CN)C2CCC2)c1. The molecule has 0 spiro atoms. The molecule has 3 heteroatoms. The van der Waals surface area contributed by atoms with E-state index >= 15 is 0 Å².